The number of rotatable bonds is 2. The second-order valence-electron chi connectivity index (χ2n) is 2.94. The van der Waals surface area contributed by atoms with Gasteiger partial charge in [0.15, 0.2) is 0 Å². The standard InChI is InChI=1S/C9H11BrFNOS/c1-3-14(2,13)12-7-4-5-8(10)9(11)6-7/h4-6H,3H2,1-2H3/t14-/m0/s1. The molecule has 1 atom stereocenters. The monoisotopic (exact) mass is 279 g/mol. The Labute approximate surface area is 91.8 Å². The number of benzene rings is 1. The Morgan fingerprint density at radius 3 is 2.71 bits per heavy atom. The van der Waals surface area contributed by atoms with E-state index in [-0.39, 0.29) is 0 Å². The van der Waals surface area contributed by atoms with Crippen molar-refractivity contribution in [1.29, 1.82) is 0 Å². The van der Waals surface area contributed by atoms with Crippen LogP contribution in [0.3, 0.4) is 0 Å². The first-order valence-corrected chi connectivity index (χ1v) is 6.98. The third-order valence-electron chi connectivity index (χ3n) is 1.74. The van der Waals surface area contributed by atoms with Crippen molar-refractivity contribution in [3.05, 3.63) is 28.5 Å². The molecule has 0 amide bonds. The lowest BCUT2D eigenvalue weighted by Gasteiger charge is -2.00. The van der Waals surface area contributed by atoms with Crippen LogP contribution >= 0.6 is 15.9 Å². The Bertz CT molecular complexity index is 452. The van der Waals surface area contributed by atoms with Crippen LogP contribution in [0.4, 0.5) is 10.1 Å². The van der Waals surface area contributed by atoms with Crippen LogP contribution in [0.1, 0.15) is 6.92 Å². The van der Waals surface area contributed by atoms with Gasteiger partial charge in [0.1, 0.15) is 5.82 Å². The highest BCUT2D eigenvalue weighted by atomic mass is 79.9. The fourth-order valence-electron chi connectivity index (χ4n) is 0.829. The fraction of sp³-hybridized carbons (Fsp3) is 0.333. The van der Waals surface area contributed by atoms with Crippen LogP contribution in [-0.2, 0) is 9.73 Å². The summed E-state index contributed by atoms with van der Waals surface area (Å²) >= 11 is 3.04. The van der Waals surface area contributed by atoms with E-state index < -0.39 is 15.5 Å². The van der Waals surface area contributed by atoms with Crippen molar-refractivity contribution in [2.45, 2.75) is 6.92 Å². The maximum absolute atomic E-state index is 13.1. The number of nitrogens with zero attached hydrogens (tertiary/aromatic N) is 1. The topological polar surface area (TPSA) is 29.4 Å². The molecule has 0 bridgehead atoms. The molecule has 0 heterocycles. The van der Waals surface area contributed by atoms with Crippen LogP contribution in [-0.4, -0.2) is 16.2 Å². The molecule has 1 aromatic carbocycles. The summed E-state index contributed by atoms with van der Waals surface area (Å²) in [5.74, 6) is 0.0718. The highest BCUT2D eigenvalue weighted by molar-refractivity contribution is 9.10. The molecule has 0 aromatic heterocycles. The number of halogens is 2. The van der Waals surface area contributed by atoms with Crippen molar-refractivity contribution >= 4 is 31.3 Å². The molecular weight excluding hydrogens is 269 g/mol. The van der Waals surface area contributed by atoms with Gasteiger partial charge in [-0.1, -0.05) is 6.92 Å². The van der Waals surface area contributed by atoms with E-state index in [9.17, 15) is 8.60 Å². The molecule has 0 saturated carbocycles. The predicted octanol–water partition coefficient (Wildman–Crippen LogP) is 3.34. The number of hydrogen-bond donors (Lipinski definition) is 0. The summed E-state index contributed by atoms with van der Waals surface area (Å²) in [5.41, 5.74) is 0.417. The van der Waals surface area contributed by atoms with E-state index in [2.05, 4.69) is 20.3 Å². The van der Waals surface area contributed by atoms with Crippen molar-refractivity contribution in [3.63, 3.8) is 0 Å². The van der Waals surface area contributed by atoms with E-state index in [1.54, 1.807) is 25.3 Å². The van der Waals surface area contributed by atoms with Gasteiger partial charge in [0.05, 0.1) is 10.2 Å². The van der Waals surface area contributed by atoms with E-state index in [1.165, 1.54) is 6.07 Å². The van der Waals surface area contributed by atoms with Crippen LogP contribution in [0, 0.1) is 5.82 Å². The Balaban J connectivity index is 3.18. The predicted molar refractivity (Wildman–Crippen MR) is 60.8 cm³/mol. The van der Waals surface area contributed by atoms with Crippen LogP contribution < -0.4 is 0 Å². The zero-order valence-corrected chi connectivity index (χ0v) is 10.4. The third kappa shape index (κ3) is 3.06. The van der Waals surface area contributed by atoms with Gasteiger partial charge in [-0.05, 0) is 28.1 Å². The van der Waals surface area contributed by atoms with Crippen LogP contribution in [0.15, 0.2) is 27.0 Å². The van der Waals surface area contributed by atoms with Crippen LogP contribution in [0.25, 0.3) is 0 Å². The summed E-state index contributed by atoms with van der Waals surface area (Å²) in [4.78, 5) is 0. The zero-order chi connectivity index (χ0) is 10.8. The third-order valence-corrected chi connectivity index (χ3v) is 4.05. The highest BCUT2D eigenvalue weighted by Gasteiger charge is 2.02. The lowest BCUT2D eigenvalue weighted by atomic mass is 10.3. The van der Waals surface area contributed by atoms with Gasteiger partial charge in [-0.3, -0.25) is 0 Å². The zero-order valence-electron chi connectivity index (χ0n) is 7.96. The van der Waals surface area contributed by atoms with Gasteiger partial charge < -0.3 is 0 Å². The maximum Gasteiger partial charge on any atom is 0.139 e. The molecule has 1 rings (SSSR count). The molecule has 2 nitrogen and oxygen atoms in total. The van der Waals surface area contributed by atoms with E-state index in [0.717, 1.165) is 0 Å². The minimum absolute atomic E-state index is 0.385. The quantitative estimate of drug-likeness (QED) is 0.817. The molecule has 1 aromatic rings. The van der Waals surface area contributed by atoms with Gasteiger partial charge in [0.25, 0.3) is 0 Å². The van der Waals surface area contributed by atoms with Crippen LogP contribution in [0.5, 0.6) is 0 Å². The number of hydrogen-bond acceptors (Lipinski definition) is 2. The van der Waals surface area contributed by atoms with Gasteiger partial charge in [0.2, 0.25) is 0 Å². The van der Waals surface area contributed by atoms with Crippen molar-refractivity contribution in [2.75, 3.05) is 12.0 Å². The first kappa shape index (κ1) is 11.7. The first-order chi connectivity index (χ1) is 6.44. The van der Waals surface area contributed by atoms with E-state index >= 15 is 0 Å². The van der Waals surface area contributed by atoms with Crippen molar-refractivity contribution in [3.8, 4) is 0 Å². The molecular formula is C9H11BrFNOS. The highest BCUT2D eigenvalue weighted by Crippen LogP contribution is 2.22. The van der Waals surface area contributed by atoms with Crippen LogP contribution in [0.2, 0.25) is 0 Å². The van der Waals surface area contributed by atoms with Gasteiger partial charge in [-0.15, -0.1) is 0 Å². The van der Waals surface area contributed by atoms with E-state index in [1.807, 2.05) is 0 Å². The Kier molecular flexibility index (Phi) is 3.66. The second-order valence-corrected chi connectivity index (χ2v) is 6.47. The van der Waals surface area contributed by atoms with E-state index in [0.29, 0.717) is 15.9 Å². The summed E-state index contributed by atoms with van der Waals surface area (Å²) in [6.45, 7) is 1.79. The average Bonchev–Trinajstić information content (AvgIpc) is 2.11. The minimum Gasteiger partial charge on any atom is -0.250 e. The molecule has 0 spiro atoms. The molecule has 5 heteroatoms. The van der Waals surface area contributed by atoms with Gasteiger partial charge >= 0.3 is 0 Å². The molecule has 0 saturated heterocycles. The van der Waals surface area contributed by atoms with Gasteiger partial charge in [-0.2, -0.15) is 4.36 Å². The Hall–Kier alpha value is -0.420. The molecule has 0 radical (unpaired) electrons. The molecule has 0 aliphatic heterocycles. The summed E-state index contributed by atoms with van der Waals surface area (Å²) in [6.07, 6.45) is 1.56. The summed E-state index contributed by atoms with van der Waals surface area (Å²) in [6, 6.07) is 4.45. The smallest absolute Gasteiger partial charge is 0.139 e. The molecule has 0 unspecified atom stereocenters. The van der Waals surface area contributed by atoms with Gasteiger partial charge in [0, 0.05) is 27.8 Å². The molecule has 0 aliphatic carbocycles. The van der Waals surface area contributed by atoms with Gasteiger partial charge in [-0.25, -0.2) is 8.60 Å². The largest absolute Gasteiger partial charge is 0.250 e. The molecule has 78 valence electrons. The lowest BCUT2D eigenvalue weighted by Crippen LogP contribution is -1.97. The Morgan fingerprint density at radius 1 is 1.57 bits per heavy atom. The molecule has 0 aliphatic rings. The first-order valence-electron chi connectivity index (χ1n) is 4.09. The average molecular weight is 280 g/mol. The SMILES string of the molecule is CC[S@](C)(=O)=Nc1ccc(Br)c(F)c1. The minimum atomic E-state index is -2.21. The van der Waals surface area contributed by atoms with Crippen molar-refractivity contribution < 1.29 is 8.60 Å². The lowest BCUT2D eigenvalue weighted by molar-refractivity contribution is 0.621. The summed E-state index contributed by atoms with van der Waals surface area (Å²) < 4.78 is 29.0. The maximum atomic E-state index is 13.1. The summed E-state index contributed by atoms with van der Waals surface area (Å²) in [5, 5.41) is 0. The molecule has 0 N–H and O–H groups in total. The fourth-order valence-corrected chi connectivity index (χ4v) is 1.76. The van der Waals surface area contributed by atoms with Crippen molar-refractivity contribution in [1.82, 2.24) is 0 Å². The summed E-state index contributed by atoms with van der Waals surface area (Å²) in [7, 11) is -2.21. The molecule has 14 heavy (non-hydrogen) atoms. The normalized spacial score (nSPS) is 14.9. The van der Waals surface area contributed by atoms with Crippen molar-refractivity contribution in [2.24, 2.45) is 4.36 Å². The second kappa shape index (κ2) is 4.40. The molecule has 0 fully saturated rings. The van der Waals surface area contributed by atoms with E-state index in [4.69, 9.17) is 0 Å². The Morgan fingerprint density at radius 2 is 2.21 bits per heavy atom.